The highest BCUT2D eigenvalue weighted by molar-refractivity contribution is 7.45. The summed E-state index contributed by atoms with van der Waals surface area (Å²) < 4.78 is 23.1. The van der Waals surface area contributed by atoms with E-state index in [1.165, 1.54) is 103 Å². The number of aliphatic hydroxyl groups excluding tert-OH is 1. The fraction of sp³-hybridized carbons (Fsp3) is 0.971. The van der Waals surface area contributed by atoms with Crippen LogP contribution >= 0.6 is 7.82 Å². The lowest BCUT2D eigenvalue weighted by Crippen LogP contribution is -2.46. The minimum atomic E-state index is -4.54. The maximum atomic E-state index is 12.7. The van der Waals surface area contributed by atoms with E-state index in [1.54, 1.807) is 0 Å². The molecule has 0 heterocycles. The summed E-state index contributed by atoms with van der Waals surface area (Å²) in [6.45, 7) is 4.68. The molecule has 0 spiro atoms. The standard InChI is InChI=1S/C35H73N2O6P/c1-6-8-10-12-14-16-18-19-20-22-24-26-28-34(38)33(32-43-44(40,41)42-31-30-37(3,4)5)36-35(39)29-27-25-23-21-17-15-13-11-9-7-2/h33-34,38H,6-32H2,1-5H3,(H-,36,39,40,41)/t33-,34+/m0/s1. The largest absolute Gasteiger partial charge is 0.756 e. The monoisotopic (exact) mass is 649 g/mol. The third-order valence-electron chi connectivity index (χ3n) is 8.35. The summed E-state index contributed by atoms with van der Waals surface area (Å²) in [5.41, 5.74) is 0. The van der Waals surface area contributed by atoms with Crippen LogP contribution in [0.4, 0.5) is 0 Å². The first kappa shape index (κ1) is 43.5. The summed E-state index contributed by atoms with van der Waals surface area (Å²) >= 11 is 0. The molecule has 0 rings (SSSR count). The van der Waals surface area contributed by atoms with E-state index in [-0.39, 0.29) is 19.1 Å². The smallest absolute Gasteiger partial charge is 0.268 e. The van der Waals surface area contributed by atoms with Gasteiger partial charge in [0.25, 0.3) is 7.82 Å². The molecule has 0 aromatic rings. The van der Waals surface area contributed by atoms with Gasteiger partial charge >= 0.3 is 0 Å². The number of quaternary nitrogens is 1. The van der Waals surface area contributed by atoms with Crippen molar-refractivity contribution in [2.24, 2.45) is 0 Å². The van der Waals surface area contributed by atoms with Gasteiger partial charge in [0, 0.05) is 6.42 Å². The molecular weight excluding hydrogens is 575 g/mol. The van der Waals surface area contributed by atoms with E-state index in [0.717, 1.165) is 38.5 Å². The number of unbranched alkanes of at least 4 members (excludes halogenated alkanes) is 20. The Morgan fingerprint density at radius 2 is 1.11 bits per heavy atom. The molecule has 9 heteroatoms. The summed E-state index contributed by atoms with van der Waals surface area (Å²) in [7, 11) is 1.31. The van der Waals surface area contributed by atoms with Crippen molar-refractivity contribution in [2.45, 2.75) is 180 Å². The molecule has 8 nitrogen and oxygen atoms in total. The van der Waals surface area contributed by atoms with Crippen molar-refractivity contribution in [1.82, 2.24) is 5.32 Å². The second-order valence-corrected chi connectivity index (χ2v) is 15.4. The number of nitrogens with one attached hydrogen (secondary N) is 1. The molecule has 1 amide bonds. The molecule has 1 unspecified atom stereocenters. The Morgan fingerprint density at radius 1 is 0.705 bits per heavy atom. The van der Waals surface area contributed by atoms with E-state index in [2.05, 4.69) is 19.2 Å². The van der Waals surface area contributed by atoms with Gasteiger partial charge < -0.3 is 28.8 Å². The number of rotatable bonds is 33. The van der Waals surface area contributed by atoms with Crippen molar-refractivity contribution in [3.05, 3.63) is 0 Å². The predicted molar refractivity (Wildman–Crippen MR) is 183 cm³/mol. The van der Waals surface area contributed by atoms with Crippen molar-refractivity contribution in [3.8, 4) is 0 Å². The molecule has 3 atom stereocenters. The van der Waals surface area contributed by atoms with Crippen LogP contribution in [0.2, 0.25) is 0 Å². The van der Waals surface area contributed by atoms with E-state index in [9.17, 15) is 19.4 Å². The van der Waals surface area contributed by atoms with Gasteiger partial charge in [-0.05, 0) is 12.8 Å². The van der Waals surface area contributed by atoms with Crippen LogP contribution < -0.4 is 10.2 Å². The minimum Gasteiger partial charge on any atom is -0.756 e. The van der Waals surface area contributed by atoms with Gasteiger partial charge in [0.05, 0.1) is 39.9 Å². The zero-order valence-electron chi connectivity index (χ0n) is 29.6. The van der Waals surface area contributed by atoms with E-state index in [1.807, 2.05) is 21.1 Å². The van der Waals surface area contributed by atoms with Gasteiger partial charge in [0.2, 0.25) is 5.91 Å². The maximum absolute atomic E-state index is 12.7. The highest BCUT2D eigenvalue weighted by Crippen LogP contribution is 2.38. The SMILES string of the molecule is CCCCCCCCCCCCCC[C@@H](O)[C@H](COP(=O)([O-])OCC[N+](C)(C)C)NC(=O)CCCCCCCCCCCC. The van der Waals surface area contributed by atoms with Gasteiger partial charge in [0.15, 0.2) is 0 Å². The summed E-state index contributed by atoms with van der Waals surface area (Å²) in [6, 6.07) is -0.789. The number of hydrogen-bond acceptors (Lipinski definition) is 6. The van der Waals surface area contributed by atoms with Crippen molar-refractivity contribution < 1.29 is 32.9 Å². The molecule has 0 aromatic heterocycles. The fourth-order valence-corrected chi connectivity index (χ4v) is 6.05. The lowest BCUT2D eigenvalue weighted by Gasteiger charge is -2.30. The number of phosphoric ester groups is 1. The van der Waals surface area contributed by atoms with Crippen LogP contribution in [-0.4, -0.2) is 68.5 Å². The van der Waals surface area contributed by atoms with Crippen molar-refractivity contribution >= 4 is 13.7 Å². The molecule has 0 aliphatic heterocycles. The van der Waals surface area contributed by atoms with E-state index >= 15 is 0 Å². The lowest BCUT2D eigenvalue weighted by molar-refractivity contribution is -0.870. The van der Waals surface area contributed by atoms with Crippen molar-refractivity contribution in [2.75, 3.05) is 40.9 Å². The molecule has 264 valence electrons. The Bertz CT molecular complexity index is 703. The Morgan fingerprint density at radius 3 is 1.55 bits per heavy atom. The molecule has 0 bridgehead atoms. The van der Waals surface area contributed by atoms with E-state index in [4.69, 9.17) is 9.05 Å². The normalized spacial score (nSPS) is 14.8. The molecule has 0 fully saturated rings. The van der Waals surface area contributed by atoms with Crippen LogP contribution in [-0.2, 0) is 18.4 Å². The number of aliphatic hydroxyl groups is 1. The molecular formula is C35H73N2O6P. The Balaban J connectivity index is 4.49. The molecule has 0 radical (unpaired) electrons. The Kier molecular flexibility index (Phi) is 28.4. The van der Waals surface area contributed by atoms with Crippen LogP contribution in [0.3, 0.4) is 0 Å². The highest BCUT2D eigenvalue weighted by atomic mass is 31.2. The molecule has 0 aliphatic carbocycles. The summed E-state index contributed by atoms with van der Waals surface area (Å²) in [5.74, 6) is -0.168. The first-order chi connectivity index (χ1) is 21.0. The zero-order valence-corrected chi connectivity index (χ0v) is 30.5. The number of carbonyl (C=O) groups excluding carboxylic acids is 1. The van der Waals surface area contributed by atoms with Gasteiger partial charge in [-0.25, -0.2) is 0 Å². The quantitative estimate of drug-likeness (QED) is 0.0420. The van der Waals surface area contributed by atoms with Crippen molar-refractivity contribution in [1.29, 1.82) is 0 Å². The lowest BCUT2D eigenvalue weighted by atomic mass is 10.0. The Labute approximate surface area is 272 Å². The van der Waals surface area contributed by atoms with Gasteiger partial charge in [-0.1, -0.05) is 149 Å². The van der Waals surface area contributed by atoms with Crippen LogP contribution in [0.15, 0.2) is 0 Å². The first-order valence-corrected chi connectivity index (χ1v) is 19.8. The number of hydrogen-bond donors (Lipinski definition) is 2. The van der Waals surface area contributed by atoms with Gasteiger partial charge in [-0.2, -0.15) is 0 Å². The number of carbonyl (C=O) groups is 1. The zero-order chi connectivity index (χ0) is 32.9. The van der Waals surface area contributed by atoms with Crippen LogP contribution in [0.5, 0.6) is 0 Å². The second kappa shape index (κ2) is 28.7. The molecule has 0 saturated heterocycles. The fourth-order valence-electron chi connectivity index (χ4n) is 5.33. The summed E-state index contributed by atoms with van der Waals surface area (Å²) in [6.07, 6.45) is 26.7. The van der Waals surface area contributed by atoms with E-state index < -0.39 is 20.0 Å². The topological polar surface area (TPSA) is 108 Å². The van der Waals surface area contributed by atoms with Gasteiger partial charge in [-0.15, -0.1) is 0 Å². The second-order valence-electron chi connectivity index (χ2n) is 13.9. The summed E-state index contributed by atoms with van der Waals surface area (Å²) in [5, 5.41) is 13.8. The number of nitrogens with zero attached hydrogens (tertiary/aromatic N) is 1. The first-order valence-electron chi connectivity index (χ1n) is 18.4. The molecule has 0 saturated carbocycles. The van der Waals surface area contributed by atoms with Gasteiger partial charge in [-0.3, -0.25) is 9.36 Å². The Hall–Kier alpha value is -0.500. The molecule has 2 N–H and O–H groups in total. The van der Waals surface area contributed by atoms with Crippen LogP contribution in [0.1, 0.15) is 168 Å². The maximum Gasteiger partial charge on any atom is 0.268 e. The van der Waals surface area contributed by atoms with Crippen LogP contribution in [0.25, 0.3) is 0 Å². The molecule has 44 heavy (non-hydrogen) atoms. The van der Waals surface area contributed by atoms with Crippen molar-refractivity contribution in [3.63, 3.8) is 0 Å². The number of amides is 1. The predicted octanol–water partition coefficient (Wildman–Crippen LogP) is 8.44. The minimum absolute atomic E-state index is 0.0153. The average Bonchev–Trinajstić information content (AvgIpc) is 2.95. The van der Waals surface area contributed by atoms with Crippen LogP contribution in [0, 0.1) is 0 Å². The third kappa shape index (κ3) is 30.2. The number of phosphoric acid groups is 1. The van der Waals surface area contributed by atoms with E-state index in [0.29, 0.717) is 23.9 Å². The molecule has 0 aromatic carbocycles. The molecule has 0 aliphatic rings. The average molecular weight is 649 g/mol. The summed E-state index contributed by atoms with van der Waals surface area (Å²) in [4.78, 5) is 25.1. The van der Waals surface area contributed by atoms with Gasteiger partial charge in [0.1, 0.15) is 13.2 Å². The number of likely N-dealkylation sites (N-methyl/N-ethyl adjacent to an activating group) is 1. The third-order valence-corrected chi connectivity index (χ3v) is 9.31. The highest BCUT2D eigenvalue weighted by Gasteiger charge is 2.24.